The molecule has 0 bridgehead atoms. The molecule has 0 unspecified atom stereocenters. The predicted molar refractivity (Wildman–Crippen MR) is 295 cm³/mol. The summed E-state index contributed by atoms with van der Waals surface area (Å²) in [6, 6.07) is 84.6. The highest BCUT2D eigenvalue weighted by atomic mass is 15.1. The van der Waals surface area contributed by atoms with Crippen molar-refractivity contribution >= 4 is 70.9 Å². The van der Waals surface area contributed by atoms with Gasteiger partial charge in [-0.25, -0.2) is 0 Å². The van der Waals surface area contributed by atoms with Gasteiger partial charge in [0.15, 0.2) is 0 Å². The largest absolute Gasteiger partial charge is 0.310 e. The summed E-state index contributed by atoms with van der Waals surface area (Å²) in [5, 5.41) is 12.5. The number of rotatable bonds is 5. The molecule has 2 aliphatic rings. The summed E-state index contributed by atoms with van der Waals surface area (Å²) >= 11 is 0. The minimum Gasteiger partial charge on any atom is -0.310 e. The highest BCUT2D eigenvalue weighted by molar-refractivity contribution is 6.25. The molecule has 326 valence electrons. The van der Waals surface area contributed by atoms with Crippen LogP contribution in [-0.2, 0) is 10.8 Å². The first-order valence-corrected chi connectivity index (χ1v) is 24.4. The molecule has 0 heterocycles. The van der Waals surface area contributed by atoms with Crippen LogP contribution < -0.4 is 4.90 Å². The van der Waals surface area contributed by atoms with Crippen molar-refractivity contribution < 1.29 is 0 Å². The van der Waals surface area contributed by atoms with Gasteiger partial charge in [0.25, 0.3) is 0 Å². The summed E-state index contributed by atoms with van der Waals surface area (Å²) in [6.07, 6.45) is 0. The second-order valence-corrected chi connectivity index (χ2v) is 20.4. The Bertz CT molecular complexity index is 4040. The second kappa shape index (κ2) is 14.6. The van der Waals surface area contributed by atoms with Gasteiger partial charge < -0.3 is 4.90 Å². The minimum absolute atomic E-state index is 0.140. The lowest BCUT2D eigenvalue weighted by atomic mass is 9.82. The summed E-state index contributed by atoms with van der Waals surface area (Å²) in [7, 11) is 0. The first-order valence-electron chi connectivity index (χ1n) is 24.4. The van der Waals surface area contributed by atoms with Gasteiger partial charge in [0.2, 0.25) is 0 Å². The molecule has 0 aliphatic heterocycles. The zero-order valence-corrected chi connectivity index (χ0v) is 39.3. The van der Waals surface area contributed by atoms with Gasteiger partial charge in [0.1, 0.15) is 0 Å². The zero-order chi connectivity index (χ0) is 46.2. The lowest BCUT2D eigenvalue weighted by Crippen LogP contribution is -2.18. The van der Waals surface area contributed by atoms with Crippen LogP contribution in [0.4, 0.5) is 17.1 Å². The van der Waals surface area contributed by atoms with E-state index in [-0.39, 0.29) is 10.8 Å². The van der Waals surface area contributed by atoms with Crippen molar-refractivity contribution in [2.75, 3.05) is 4.90 Å². The third-order valence-corrected chi connectivity index (χ3v) is 16.0. The van der Waals surface area contributed by atoms with Crippen molar-refractivity contribution in [3.8, 4) is 44.5 Å². The molecule has 0 saturated heterocycles. The van der Waals surface area contributed by atoms with Crippen molar-refractivity contribution in [3.63, 3.8) is 0 Å². The first-order chi connectivity index (χ1) is 33.7. The van der Waals surface area contributed by atoms with Crippen LogP contribution in [-0.4, -0.2) is 0 Å². The smallest absolute Gasteiger partial charge is 0.0540 e. The van der Waals surface area contributed by atoms with Gasteiger partial charge in [-0.1, -0.05) is 204 Å². The van der Waals surface area contributed by atoms with Crippen molar-refractivity contribution in [3.05, 3.63) is 247 Å². The molecule has 0 aromatic heterocycles. The number of benzene rings is 12. The van der Waals surface area contributed by atoms with E-state index in [1.165, 1.54) is 121 Å². The standard InChI is InChI=1S/C68H49N/c1-67(2)62-27-15-13-24-53(62)55-33-31-45(38-64(55)67)69(46-32-34-56-54-25-14-16-28-63(54)68(3,4)65(56)39-46)66-36-35-52(47-19-11-12-26-57(47)66)59-41-61-49-21-8-7-20-48(49)58(40-60(61)51-23-10-9-22-50(51)59)44-30-29-42-17-5-6-18-43(42)37-44/h5-41H,1-4H3. The average molecular weight is 880 g/mol. The molecule has 12 aromatic rings. The Morgan fingerprint density at radius 1 is 0.261 bits per heavy atom. The van der Waals surface area contributed by atoms with Crippen LogP contribution in [0.2, 0.25) is 0 Å². The van der Waals surface area contributed by atoms with Crippen molar-refractivity contribution in [1.82, 2.24) is 0 Å². The van der Waals surface area contributed by atoms with Gasteiger partial charge in [-0.2, -0.15) is 0 Å². The van der Waals surface area contributed by atoms with Gasteiger partial charge >= 0.3 is 0 Å². The zero-order valence-electron chi connectivity index (χ0n) is 39.3. The van der Waals surface area contributed by atoms with Crippen molar-refractivity contribution in [2.24, 2.45) is 0 Å². The van der Waals surface area contributed by atoms with Gasteiger partial charge in [0.05, 0.1) is 5.69 Å². The molecule has 0 saturated carbocycles. The molecule has 0 spiro atoms. The number of nitrogens with zero attached hydrogens (tertiary/aromatic N) is 1. The maximum absolute atomic E-state index is 2.53. The summed E-state index contributed by atoms with van der Waals surface area (Å²) in [5.74, 6) is 0. The summed E-state index contributed by atoms with van der Waals surface area (Å²) in [4.78, 5) is 2.53. The maximum Gasteiger partial charge on any atom is 0.0540 e. The normalized spacial score (nSPS) is 14.0. The van der Waals surface area contributed by atoms with Crippen LogP contribution >= 0.6 is 0 Å². The molecular weight excluding hydrogens is 831 g/mol. The van der Waals surface area contributed by atoms with Crippen LogP contribution in [0.3, 0.4) is 0 Å². The summed E-state index contributed by atoms with van der Waals surface area (Å²) in [5.41, 5.74) is 19.0. The molecule has 1 nitrogen and oxygen atoms in total. The van der Waals surface area contributed by atoms with Gasteiger partial charge in [-0.15, -0.1) is 0 Å². The lowest BCUT2D eigenvalue weighted by Gasteiger charge is -2.31. The van der Waals surface area contributed by atoms with Crippen LogP contribution in [0, 0.1) is 0 Å². The Morgan fingerprint density at radius 2 is 0.696 bits per heavy atom. The van der Waals surface area contributed by atoms with Crippen LogP contribution in [0.15, 0.2) is 224 Å². The molecule has 1 heteroatoms. The maximum atomic E-state index is 2.53. The molecular formula is C68H49N. The Morgan fingerprint density at radius 3 is 1.29 bits per heavy atom. The molecule has 69 heavy (non-hydrogen) atoms. The highest BCUT2D eigenvalue weighted by Crippen LogP contribution is 2.54. The molecule has 14 rings (SSSR count). The molecule has 0 atom stereocenters. The fourth-order valence-electron chi connectivity index (χ4n) is 12.6. The van der Waals surface area contributed by atoms with E-state index in [1.807, 2.05) is 0 Å². The van der Waals surface area contributed by atoms with Crippen LogP contribution in [0.1, 0.15) is 49.9 Å². The molecule has 0 N–H and O–H groups in total. The van der Waals surface area contributed by atoms with Gasteiger partial charge in [-0.05, 0) is 164 Å². The Balaban J connectivity index is 0.993. The van der Waals surface area contributed by atoms with Crippen molar-refractivity contribution in [1.29, 1.82) is 0 Å². The van der Waals surface area contributed by atoms with E-state index in [0.717, 1.165) is 17.1 Å². The fraction of sp³-hybridized carbons (Fsp3) is 0.0882. The molecule has 0 radical (unpaired) electrons. The van der Waals surface area contributed by atoms with Crippen LogP contribution in [0.25, 0.3) is 98.4 Å². The number of hydrogen-bond donors (Lipinski definition) is 0. The molecule has 12 aromatic carbocycles. The fourth-order valence-corrected chi connectivity index (χ4v) is 12.6. The van der Waals surface area contributed by atoms with E-state index in [4.69, 9.17) is 0 Å². The quantitative estimate of drug-likeness (QED) is 0.156. The Hall–Kier alpha value is -8.26. The van der Waals surface area contributed by atoms with E-state index in [0.29, 0.717) is 0 Å². The van der Waals surface area contributed by atoms with Gasteiger partial charge in [0, 0.05) is 27.6 Å². The molecule has 2 aliphatic carbocycles. The number of hydrogen-bond acceptors (Lipinski definition) is 1. The Kier molecular flexibility index (Phi) is 8.45. The molecule has 0 fully saturated rings. The summed E-state index contributed by atoms with van der Waals surface area (Å²) < 4.78 is 0. The van der Waals surface area contributed by atoms with Crippen molar-refractivity contribution in [2.45, 2.75) is 38.5 Å². The summed E-state index contributed by atoms with van der Waals surface area (Å²) in [6.45, 7) is 9.53. The number of fused-ring (bicyclic) bond motifs is 13. The van der Waals surface area contributed by atoms with E-state index in [2.05, 4.69) is 257 Å². The third-order valence-electron chi connectivity index (χ3n) is 16.0. The van der Waals surface area contributed by atoms with E-state index in [9.17, 15) is 0 Å². The van der Waals surface area contributed by atoms with Gasteiger partial charge in [-0.3, -0.25) is 0 Å². The monoisotopic (exact) mass is 879 g/mol. The number of anilines is 3. The van der Waals surface area contributed by atoms with E-state index in [1.54, 1.807) is 0 Å². The lowest BCUT2D eigenvalue weighted by molar-refractivity contribution is 0.660. The third kappa shape index (κ3) is 5.77. The van der Waals surface area contributed by atoms with E-state index < -0.39 is 0 Å². The average Bonchev–Trinajstić information content (AvgIpc) is 3.77. The molecule has 0 amide bonds. The van der Waals surface area contributed by atoms with Crippen LogP contribution in [0.5, 0.6) is 0 Å². The predicted octanol–water partition coefficient (Wildman–Crippen LogP) is 18.9. The minimum atomic E-state index is -0.140. The first kappa shape index (κ1) is 39.9. The topological polar surface area (TPSA) is 3.24 Å². The van der Waals surface area contributed by atoms with E-state index >= 15 is 0 Å². The Labute approximate surface area is 403 Å². The SMILES string of the molecule is CC1(C)c2ccccc2-c2ccc(N(c3ccc4c(c3)C(C)(C)c3ccccc3-4)c3ccc(-c4cc5c6ccccc6c(-c6ccc7ccccc7c6)cc5c5ccccc45)c4ccccc34)cc21. The second-order valence-electron chi connectivity index (χ2n) is 20.4. The highest BCUT2D eigenvalue weighted by Gasteiger charge is 2.38.